The van der Waals surface area contributed by atoms with Crippen LogP contribution in [0.2, 0.25) is 0 Å². The third-order valence-corrected chi connectivity index (χ3v) is 5.17. The number of carbonyl (C=O) groups excluding carboxylic acids is 2. The van der Waals surface area contributed by atoms with Gasteiger partial charge in [0.05, 0.1) is 14.2 Å². The number of benzene rings is 3. The van der Waals surface area contributed by atoms with Gasteiger partial charge < -0.3 is 14.8 Å². The Morgan fingerprint density at radius 1 is 0.900 bits per heavy atom. The highest BCUT2D eigenvalue weighted by molar-refractivity contribution is 6.13. The lowest BCUT2D eigenvalue weighted by atomic mass is 10.1. The first-order valence-electron chi connectivity index (χ1n) is 9.61. The van der Waals surface area contributed by atoms with E-state index >= 15 is 0 Å². The van der Waals surface area contributed by atoms with Crippen molar-refractivity contribution in [3.8, 4) is 11.5 Å². The number of ether oxygens (including phenoxy) is 2. The molecule has 0 spiro atoms. The largest absolute Gasteiger partial charge is 0.493 e. The van der Waals surface area contributed by atoms with E-state index in [1.165, 1.54) is 7.11 Å². The number of hydrogen-bond donors (Lipinski definition) is 1. The van der Waals surface area contributed by atoms with Gasteiger partial charge in [-0.1, -0.05) is 36.4 Å². The van der Waals surface area contributed by atoms with Gasteiger partial charge in [-0.2, -0.15) is 0 Å². The van der Waals surface area contributed by atoms with Crippen LogP contribution in [0, 0.1) is 0 Å². The predicted octanol–water partition coefficient (Wildman–Crippen LogP) is 3.91. The van der Waals surface area contributed by atoms with Crippen molar-refractivity contribution in [3.05, 3.63) is 83.9 Å². The quantitative estimate of drug-likeness (QED) is 0.703. The topological polar surface area (TPSA) is 67.9 Å². The fraction of sp³-hybridized carbons (Fsp3) is 0.167. The number of nitrogens with zero attached hydrogens (tertiary/aromatic N) is 1. The van der Waals surface area contributed by atoms with Crippen molar-refractivity contribution in [1.82, 2.24) is 0 Å². The first-order valence-corrected chi connectivity index (χ1v) is 9.61. The highest BCUT2D eigenvalue weighted by Crippen LogP contribution is 2.35. The molecule has 0 saturated heterocycles. The first kappa shape index (κ1) is 19.5. The Hall–Kier alpha value is -3.80. The minimum atomic E-state index is -0.650. The summed E-state index contributed by atoms with van der Waals surface area (Å²) in [5, 5.41) is 2.91. The van der Waals surface area contributed by atoms with E-state index in [0.29, 0.717) is 29.2 Å². The second kappa shape index (κ2) is 8.29. The molecule has 1 heterocycles. The highest BCUT2D eigenvalue weighted by atomic mass is 16.5. The molecule has 6 nitrogen and oxygen atoms in total. The Balaban J connectivity index is 1.63. The van der Waals surface area contributed by atoms with Crippen LogP contribution in [0.4, 0.5) is 11.4 Å². The van der Waals surface area contributed by atoms with Gasteiger partial charge in [0.2, 0.25) is 5.91 Å². The van der Waals surface area contributed by atoms with Crippen molar-refractivity contribution in [2.75, 3.05) is 24.4 Å². The second-order valence-corrected chi connectivity index (χ2v) is 6.95. The molecule has 152 valence electrons. The van der Waals surface area contributed by atoms with E-state index in [2.05, 4.69) is 5.32 Å². The van der Waals surface area contributed by atoms with Crippen LogP contribution in [0.1, 0.15) is 15.9 Å². The Morgan fingerprint density at radius 3 is 2.33 bits per heavy atom. The third-order valence-electron chi connectivity index (χ3n) is 5.17. The summed E-state index contributed by atoms with van der Waals surface area (Å²) in [7, 11) is 3.09. The average Bonchev–Trinajstić information content (AvgIpc) is 3.19. The summed E-state index contributed by atoms with van der Waals surface area (Å²) in [4.78, 5) is 28.1. The van der Waals surface area contributed by atoms with Gasteiger partial charge in [-0.25, -0.2) is 0 Å². The third kappa shape index (κ3) is 3.59. The van der Waals surface area contributed by atoms with Crippen LogP contribution in [0.3, 0.4) is 0 Å². The van der Waals surface area contributed by atoms with E-state index < -0.39 is 6.04 Å². The Bertz CT molecular complexity index is 1080. The molecule has 3 aromatic carbocycles. The van der Waals surface area contributed by atoms with Gasteiger partial charge in [-0.15, -0.1) is 0 Å². The molecule has 30 heavy (non-hydrogen) atoms. The summed E-state index contributed by atoms with van der Waals surface area (Å²) in [6.45, 7) is 0. The number of fused-ring (bicyclic) bond motifs is 1. The van der Waals surface area contributed by atoms with E-state index in [9.17, 15) is 9.59 Å². The predicted molar refractivity (Wildman–Crippen MR) is 115 cm³/mol. The standard InChI is InChI=1S/C24H22N2O4/c1-29-21-13-12-18(15-22(21)30-2)25-23(27)20-14-17-10-6-7-11-19(17)26(20)24(28)16-8-4-3-5-9-16/h3-13,15,20H,14H2,1-2H3,(H,25,27)/t20-/m1/s1. The molecule has 1 aliphatic heterocycles. The first-order chi connectivity index (χ1) is 14.6. The molecule has 1 aliphatic rings. The van der Waals surface area contributed by atoms with Crippen LogP contribution in [0.25, 0.3) is 0 Å². The summed E-state index contributed by atoms with van der Waals surface area (Å²) in [5.74, 6) is 0.627. The van der Waals surface area contributed by atoms with Crippen LogP contribution in [0.15, 0.2) is 72.8 Å². The van der Waals surface area contributed by atoms with Gasteiger partial charge in [0.1, 0.15) is 6.04 Å². The highest BCUT2D eigenvalue weighted by Gasteiger charge is 2.38. The monoisotopic (exact) mass is 402 g/mol. The molecule has 0 aliphatic carbocycles. The number of nitrogens with one attached hydrogen (secondary N) is 1. The maximum atomic E-state index is 13.3. The molecule has 0 aromatic heterocycles. The molecule has 4 rings (SSSR count). The van der Waals surface area contributed by atoms with E-state index in [1.54, 1.807) is 42.3 Å². The van der Waals surface area contributed by atoms with Gasteiger partial charge in [0.25, 0.3) is 5.91 Å². The van der Waals surface area contributed by atoms with Crippen LogP contribution in [0.5, 0.6) is 11.5 Å². The normalized spacial score (nSPS) is 14.7. The second-order valence-electron chi connectivity index (χ2n) is 6.95. The number of para-hydroxylation sites is 1. The number of carbonyl (C=O) groups is 2. The van der Waals surface area contributed by atoms with Crippen LogP contribution in [-0.2, 0) is 11.2 Å². The van der Waals surface area contributed by atoms with Crippen molar-refractivity contribution in [1.29, 1.82) is 0 Å². The minimum Gasteiger partial charge on any atom is -0.493 e. The maximum absolute atomic E-state index is 13.3. The fourth-order valence-corrected chi connectivity index (χ4v) is 3.71. The molecule has 1 atom stereocenters. The summed E-state index contributed by atoms with van der Waals surface area (Å²) in [6, 6.07) is 21.1. The Morgan fingerprint density at radius 2 is 1.60 bits per heavy atom. The van der Waals surface area contributed by atoms with Crippen LogP contribution >= 0.6 is 0 Å². The van der Waals surface area contributed by atoms with E-state index in [0.717, 1.165) is 11.3 Å². The molecule has 1 N–H and O–H groups in total. The molecular weight excluding hydrogens is 380 g/mol. The van der Waals surface area contributed by atoms with E-state index in [4.69, 9.17) is 9.47 Å². The fourth-order valence-electron chi connectivity index (χ4n) is 3.71. The minimum absolute atomic E-state index is 0.201. The number of amides is 2. The lowest BCUT2D eigenvalue weighted by Gasteiger charge is -2.25. The van der Waals surface area contributed by atoms with Crippen molar-refractivity contribution in [2.45, 2.75) is 12.5 Å². The summed E-state index contributed by atoms with van der Waals surface area (Å²) < 4.78 is 10.6. The van der Waals surface area contributed by atoms with Crippen molar-refractivity contribution in [2.24, 2.45) is 0 Å². The summed E-state index contributed by atoms with van der Waals surface area (Å²) in [6.07, 6.45) is 0.452. The van der Waals surface area contributed by atoms with Gasteiger partial charge in [0, 0.05) is 29.4 Å². The zero-order valence-electron chi connectivity index (χ0n) is 16.8. The van der Waals surface area contributed by atoms with E-state index in [1.807, 2.05) is 42.5 Å². The zero-order chi connectivity index (χ0) is 21.1. The van der Waals surface area contributed by atoms with Crippen molar-refractivity contribution < 1.29 is 19.1 Å². The lowest BCUT2D eigenvalue weighted by Crippen LogP contribution is -2.45. The number of methoxy groups -OCH3 is 2. The summed E-state index contributed by atoms with van der Waals surface area (Å²) >= 11 is 0. The van der Waals surface area contributed by atoms with Crippen molar-refractivity contribution in [3.63, 3.8) is 0 Å². The molecule has 2 amide bonds. The number of rotatable bonds is 5. The number of hydrogen-bond acceptors (Lipinski definition) is 4. The van der Waals surface area contributed by atoms with Gasteiger partial charge in [-0.3, -0.25) is 14.5 Å². The van der Waals surface area contributed by atoms with Gasteiger partial charge in [0.15, 0.2) is 11.5 Å². The number of anilines is 2. The summed E-state index contributed by atoms with van der Waals surface area (Å²) in [5.41, 5.74) is 2.84. The van der Waals surface area contributed by atoms with Gasteiger partial charge >= 0.3 is 0 Å². The molecule has 0 bridgehead atoms. The van der Waals surface area contributed by atoms with Crippen LogP contribution in [-0.4, -0.2) is 32.1 Å². The Labute approximate surface area is 175 Å². The van der Waals surface area contributed by atoms with E-state index in [-0.39, 0.29) is 11.8 Å². The average molecular weight is 402 g/mol. The van der Waals surface area contributed by atoms with Gasteiger partial charge in [-0.05, 0) is 35.9 Å². The molecule has 0 saturated carbocycles. The maximum Gasteiger partial charge on any atom is 0.259 e. The van der Waals surface area contributed by atoms with Crippen LogP contribution < -0.4 is 19.7 Å². The molecule has 0 radical (unpaired) electrons. The lowest BCUT2D eigenvalue weighted by molar-refractivity contribution is -0.117. The Kier molecular flexibility index (Phi) is 5.39. The zero-order valence-corrected chi connectivity index (χ0v) is 16.8. The molecule has 6 heteroatoms. The molecular formula is C24H22N2O4. The molecule has 0 unspecified atom stereocenters. The molecule has 0 fully saturated rings. The van der Waals surface area contributed by atoms with Crippen molar-refractivity contribution >= 4 is 23.2 Å². The SMILES string of the molecule is COc1ccc(NC(=O)[C@H]2Cc3ccccc3N2C(=O)c2ccccc2)cc1OC. The molecule has 3 aromatic rings. The smallest absolute Gasteiger partial charge is 0.259 e.